The fourth-order valence-electron chi connectivity index (χ4n) is 2.00. The zero-order chi connectivity index (χ0) is 18.7. The van der Waals surface area contributed by atoms with E-state index in [1.165, 1.54) is 6.92 Å². The maximum atomic E-state index is 12.5. The molecule has 7 heteroatoms. The molecule has 2 unspecified atom stereocenters. The highest BCUT2D eigenvalue weighted by Gasteiger charge is 2.25. The van der Waals surface area contributed by atoms with E-state index in [0.717, 1.165) is 5.75 Å². The van der Waals surface area contributed by atoms with E-state index in [4.69, 9.17) is 4.74 Å². The molecule has 0 aromatic rings. The van der Waals surface area contributed by atoms with E-state index in [-0.39, 0.29) is 23.5 Å². The lowest BCUT2D eigenvalue weighted by Crippen LogP contribution is -2.52. The summed E-state index contributed by atoms with van der Waals surface area (Å²) in [6.07, 6.45) is 2.39. The highest BCUT2D eigenvalue weighted by molar-refractivity contribution is 7.98. The van der Waals surface area contributed by atoms with Crippen molar-refractivity contribution >= 4 is 29.5 Å². The molecule has 0 heterocycles. The Labute approximate surface area is 149 Å². The van der Waals surface area contributed by atoms with Gasteiger partial charge in [-0.05, 0) is 43.6 Å². The third-order valence-electron chi connectivity index (χ3n) is 3.28. The molecule has 0 aromatic carbocycles. The Bertz CT molecular complexity index is 413. The summed E-state index contributed by atoms with van der Waals surface area (Å²) in [5.74, 6) is 0.807. The lowest BCUT2D eigenvalue weighted by atomic mass is 10.0. The molecule has 0 rings (SSSR count). The molecule has 0 radical (unpaired) electrons. The Morgan fingerprint density at radius 3 is 2.08 bits per heavy atom. The molecule has 0 spiro atoms. The van der Waals surface area contributed by atoms with Gasteiger partial charge < -0.3 is 15.4 Å². The zero-order valence-electron chi connectivity index (χ0n) is 15.7. The third-order valence-corrected chi connectivity index (χ3v) is 3.93. The number of Topliss-reactive ketones (excluding diaryl/α,β-unsaturated/α-hetero) is 1. The zero-order valence-corrected chi connectivity index (χ0v) is 16.5. The number of rotatable bonds is 11. The molecule has 0 aromatic heterocycles. The van der Waals surface area contributed by atoms with Crippen LogP contribution >= 0.6 is 11.8 Å². The Hall–Kier alpha value is -1.24. The van der Waals surface area contributed by atoms with Crippen molar-refractivity contribution in [1.82, 2.24) is 10.6 Å². The summed E-state index contributed by atoms with van der Waals surface area (Å²) in [5.41, 5.74) is 0. The van der Waals surface area contributed by atoms with Gasteiger partial charge in [-0.2, -0.15) is 11.8 Å². The maximum Gasteiger partial charge on any atom is 0.407 e. The number of alkyl carbamates (subject to hydrolysis) is 1. The highest BCUT2D eigenvalue weighted by Crippen LogP contribution is 2.08. The molecule has 0 aliphatic carbocycles. The molecular weight excluding hydrogens is 328 g/mol. The first-order valence-electron chi connectivity index (χ1n) is 8.40. The number of ketones is 1. The average molecular weight is 361 g/mol. The fourth-order valence-corrected chi connectivity index (χ4v) is 2.47. The summed E-state index contributed by atoms with van der Waals surface area (Å²) < 4.78 is 5.08. The topological polar surface area (TPSA) is 84.5 Å². The van der Waals surface area contributed by atoms with Gasteiger partial charge in [-0.1, -0.05) is 27.7 Å². The summed E-state index contributed by atoms with van der Waals surface area (Å²) in [6.45, 7) is 9.63. The second kappa shape index (κ2) is 12.2. The second-order valence-corrected chi connectivity index (χ2v) is 7.76. The number of nitrogens with one attached hydrogen (secondary N) is 2. The number of ether oxygens (including phenoxy) is 1. The highest BCUT2D eigenvalue weighted by atomic mass is 32.2. The van der Waals surface area contributed by atoms with Crippen molar-refractivity contribution in [3.8, 4) is 0 Å². The van der Waals surface area contributed by atoms with Crippen molar-refractivity contribution < 1.29 is 19.1 Å². The minimum Gasteiger partial charge on any atom is -0.449 e. The van der Waals surface area contributed by atoms with Crippen molar-refractivity contribution in [2.45, 2.75) is 59.5 Å². The molecular formula is C17H32N2O4S. The van der Waals surface area contributed by atoms with E-state index in [1.807, 2.05) is 34.0 Å². The lowest BCUT2D eigenvalue weighted by molar-refractivity contribution is -0.128. The molecule has 0 fully saturated rings. The number of amides is 2. The second-order valence-electron chi connectivity index (χ2n) is 6.77. The first-order valence-corrected chi connectivity index (χ1v) is 9.79. The molecule has 140 valence electrons. The normalized spacial score (nSPS) is 13.5. The van der Waals surface area contributed by atoms with Crippen LogP contribution in [0.1, 0.15) is 47.5 Å². The molecule has 2 N–H and O–H groups in total. The van der Waals surface area contributed by atoms with E-state index in [9.17, 15) is 14.4 Å². The standard InChI is InChI=1S/C17H32N2O4S/c1-11(2)9-15(13(5)20)18-16(21)14(7-8-24-6)19-17(22)23-10-12(3)4/h11-12,14-15H,7-10H2,1-6H3,(H,18,21)(H,19,22). The molecule has 0 aliphatic heterocycles. The Morgan fingerprint density at radius 2 is 1.62 bits per heavy atom. The number of hydrogen-bond acceptors (Lipinski definition) is 5. The summed E-state index contributed by atoms with van der Waals surface area (Å²) in [4.78, 5) is 36.0. The Kier molecular flexibility index (Phi) is 11.5. The largest absolute Gasteiger partial charge is 0.449 e. The van der Waals surface area contributed by atoms with Crippen molar-refractivity contribution in [2.24, 2.45) is 11.8 Å². The fraction of sp³-hybridized carbons (Fsp3) is 0.824. The molecule has 0 bridgehead atoms. The molecule has 0 saturated heterocycles. The SMILES string of the molecule is CSCCC(NC(=O)OCC(C)C)C(=O)NC(CC(C)C)C(C)=O. The third kappa shape index (κ3) is 10.5. The Morgan fingerprint density at radius 1 is 1.00 bits per heavy atom. The van der Waals surface area contributed by atoms with Gasteiger partial charge in [-0.15, -0.1) is 0 Å². The van der Waals surface area contributed by atoms with Gasteiger partial charge in [0.1, 0.15) is 6.04 Å². The van der Waals surface area contributed by atoms with Gasteiger partial charge in [-0.3, -0.25) is 9.59 Å². The number of hydrogen-bond donors (Lipinski definition) is 2. The van der Waals surface area contributed by atoms with Crippen LogP contribution in [0.5, 0.6) is 0 Å². The first kappa shape index (κ1) is 22.8. The number of carbonyl (C=O) groups is 3. The van der Waals surface area contributed by atoms with Crippen molar-refractivity contribution in [3.63, 3.8) is 0 Å². The number of carbonyl (C=O) groups excluding carboxylic acids is 3. The quantitative estimate of drug-likeness (QED) is 0.592. The van der Waals surface area contributed by atoms with Crippen LogP contribution in [-0.2, 0) is 14.3 Å². The van der Waals surface area contributed by atoms with Crippen LogP contribution in [0.3, 0.4) is 0 Å². The molecule has 0 aliphatic rings. The van der Waals surface area contributed by atoms with Crippen LogP contribution in [0.2, 0.25) is 0 Å². The Balaban J connectivity index is 4.78. The molecule has 6 nitrogen and oxygen atoms in total. The van der Waals surface area contributed by atoms with E-state index in [2.05, 4.69) is 10.6 Å². The van der Waals surface area contributed by atoms with Gasteiger partial charge in [0.25, 0.3) is 0 Å². The van der Waals surface area contributed by atoms with Crippen molar-refractivity contribution in [1.29, 1.82) is 0 Å². The predicted octanol–water partition coefficient (Wildman–Crippen LogP) is 2.61. The van der Waals surface area contributed by atoms with Gasteiger partial charge in [-0.25, -0.2) is 4.79 Å². The minimum atomic E-state index is -0.703. The van der Waals surface area contributed by atoms with Crippen molar-refractivity contribution in [3.05, 3.63) is 0 Å². The van der Waals surface area contributed by atoms with Gasteiger partial charge >= 0.3 is 6.09 Å². The summed E-state index contributed by atoms with van der Waals surface area (Å²) in [7, 11) is 0. The first-order chi connectivity index (χ1) is 11.2. The van der Waals surface area contributed by atoms with Crippen LogP contribution < -0.4 is 10.6 Å². The summed E-state index contributed by atoms with van der Waals surface area (Å²) in [6, 6.07) is -1.23. The predicted molar refractivity (Wildman–Crippen MR) is 98.2 cm³/mol. The van der Waals surface area contributed by atoms with E-state index >= 15 is 0 Å². The van der Waals surface area contributed by atoms with Crippen molar-refractivity contribution in [2.75, 3.05) is 18.6 Å². The van der Waals surface area contributed by atoms with Gasteiger partial charge in [0.05, 0.1) is 12.6 Å². The molecule has 2 amide bonds. The van der Waals surface area contributed by atoms with E-state index < -0.39 is 18.2 Å². The van der Waals surface area contributed by atoms with Crippen LogP contribution in [-0.4, -0.2) is 48.5 Å². The molecule has 0 saturated carbocycles. The summed E-state index contributed by atoms with van der Waals surface area (Å²) >= 11 is 1.59. The van der Waals surface area contributed by atoms with Gasteiger partial charge in [0, 0.05) is 0 Å². The van der Waals surface area contributed by atoms with E-state index in [0.29, 0.717) is 19.4 Å². The van der Waals surface area contributed by atoms with Gasteiger partial charge in [0.2, 0.25) is 5.91 Å². The maximum absolute atomic E-state index is 12.5. The van der Waals surface area contributed by atoms with E-state index in [1.54, 1.807) is 11.8 Å². The van der Waals surface area contributed by atoms with Gasteiger partial charge in [0.15, 0.2) is 5.78 Å². The van der Waals surface area contributed by atoms with Crippen LogP contribution in [0.25, 0.3) is 0 Å². The average Bonchev–Trinajstić information content (AvgIpc) is 2.47. The van der Waals surface area contributed by atoms with Crippen LogP contribution in [0.15, 0.2) is 0 Å². The smallest absolute Gasteiger partial charge is 0.407 e. The summed E-state index contributed by atoms with van der Waals surface area (Å²) in [5, 5.41) is 5.37. The van der Waals surface area contributed by atoms with Crippen LogP contribution in [0.4, 0.5) is 4.79 Å². The number of thioether (sulfide) groups is 1. The minimum absolute atomic E-state index is 0.0805. The lowest BCUT2D eigenvalue weighted by Gasteiger charge is -2.23. The molecule has 2 atom stereocenters. The molecule has 24 heavy (non-hydrogen) atoms. The monoisotopic (exact) mass is 360 g/mol. The van der Waals surface area contributed by atoms with Crippen LogP contribution in [0, 0.1) is 11.8 Å².